The monoisotopic (exact) mass is 438 g/mol. The Morgan fingerprint density at radius 2 is 1.77 bits per heavy atom. The highest BCUT2D eigenvalue weighted by molar-refractivity contribution is 5.66. The molecule has 0 amide bonds. The molecule has 0 saturated heterocycles. The molecule has 3 N–H and O–H groups in total. The Labute approximate surface area is 187 Å². The van der Waals surface area contributed by atoms with Crippen LogP contribution in [0.2, 0.25) is 0 Å². The highest BCUT2D eigenvalue weighted by Gasteiger charge is 2.65. The van der Waals surface area contributed by atoms with Crippen molar-refractivity contribution in [1.29, 1.82) is 0 Å². The van der Waals surface area contributed by atoms with Gasteiger partial charge in [0.1, 0.15) is 6.17 Å². The van der Waals surface area contributed by atoms with Crippen molar-refractivity contribution in [2.75, 3.05) is 0 Å². The first-order chi connectivity index (χ1) is 14.5. The Hall–Kier alpha value is -0.680. The minimum Gasteiger partial charge on any atom is -0.481 e. The van der Waals surface area contributed by atoms with Gasteiger partial charge in [0.2, 0.25) is 0 Å². The van der Waals surface area contributed by atoms with Crippen LogP contribution in [0, 0.1) is 52.3 Å². The number of aliphatic hydroxyl groups is 2. The molecule has 0 radical (unpaired) electrons. The van der Waals surface area contributed by atoms with E-state index < -0.39 is 18.2 Å². The van der Waals surface area contributed by atoms with E-state index in [1.165, 1.54) is 0 Å². The van der Waals surface area contributed by atoms with Crippen LogP contribution in [0.15, 0.2) is 0 Å². The van der Waals surface area contributed by atoms with Gasteiger partial charge in [0.15, 0.2) is 0 Å². The lowest BCUT2D eigenvalue weighted by molar-refractivity contribution is -0.213. The van der Waals surface area contributed by atoms with Crippen molar-refractivity contribution in [2.24, 2.45) is 52.3 Å². The maximum Gasteiger partial charge on any atom is 0.303 e. The third kappa shape index (κ3) is 3.57. The number of carboxylic acid groups (broad SMARTS) is 1. The van der Waals surface area contributed by atoms with E-state index in [9.17, 15) is 19.4 Å². The van der Waals surface area contributed by atoms with E-state index in [1.54, 1.807) is 0 Å². The van der Waals surface area contributed by atoms with E-state index in [-0.39, 0.29) is 41.1 Å². The summed E-state index contributed by atoms with van der Waals surface area (Å²) in [5.74, 6) is 1.40. The lowest BCUT2D eigenvalue weighted by Gasteiger charge is -2.65. The third-order valence-corrected chi connectivity index (χ3v) is 11.0. The topological polar surface area (TPSA) is 77.8 Å². The number of aliphatic hydroxyl groups excluding tert-OH is 2. The van der Waals surface area contributed by atoms with E-state index >= 15 is 0 Å². The summed E-state index contributed by atoms with van der Waals surface area (Å²) in [4.78, 5) is 11.1. The molecule has 0 aromatic heterocycles. The van der Waals surface area contributed by atoms with Crippen molar-refractivity contribution in [3.8, 4) is 0 Å². The highest BCUT2D eigenvalue weighted by atomic mass is 19.1. The van der Waals surface area contributed by atoms with Gasteiger partial charge < -0.3 is 15.3 Å². The summed E-state index contributed by atoms with van der Waals surface area (Å²) in [6, 6.07) is 0. The van der Waals surface area contributed by atoms with Crippen LogP contribution < -0.4 is 0 Å². The quantitative estimate of drug-likeness (QED) is 0.560. The fourth-order valence-corrected chi connectivity index (χ4v) is 9.49. The van der Waals surface area contributed by atoms with E-state index in [0.29, 0.717) is 36.5 Å². The Bertz CT molecular complexity index is 684. The number of aliphatic carboxylic acids is 1. The molecule has 0 heterocycles. The number of alkyl halides is 1. The summed E-state index contributed by atoms with van der Waals surface area (Å²) in [6.07, 6.45) is 4.60. The van der Waals surface area contributed by atoms with E-state index in [4.69, 9.17) is 5.11 Å². The number of carbonyl (C=O) groups is 1. The van der Waals surface area contributed by atoms with Crippen LogP contribution in [-0.4, -0.2) is 39.7 Å². The zero-order chi connectivity index (χ0) is 22.7. The van der Waals surface area contributed by atoms with Crippen molar-refractivity contribution < 1.29 is 24.5 Å². The van der Waals surface area contributed by atoms with Crippen molar-refractivity contribution in [2.45, 2.75) is 104 Å². The number of rotatable bonds is 5. The predicted molar refractivity (Wildman–Crippen MR) is 118 cm³/mol. The second kappa shape index (κ2) is 8.27. The fraction of sp³-hybridized carbons (Fsp3) is 0.962. The minimum absolute atomic E-state index is 0.124. The van der Waals surface area contributed by atoms with Crippen molar-refractivity contribution >= 4 is 5.97 Å². The van der Waals surface area contributed by atoms with E-state index in [0.717, 1.165) is 38.5 Å². The number of halogens is 1. The summed E-state index contributed by atoms with van der Waals surface area (Å²) < 4.78 is 14.8. The molecule has 0 aromatic rings. The molecule has 4 aliphatic rings. The van der Waals surface area contributed by atoms with Gasteiger partial charge in [-0.05, 0) is 97.2 Å². The van der Waals surface area contributed by atoms with Gasteiger partial charge in [-0.25, -0.2) is 4.39 Å². The molecule has 12 atom stereocenters. The average Bonchev–Trinajstić information content (AvgIpc) is 3.06. The second-order valence-electron chi connectivity index (χ2n) is 12.1. The van der Waals surface area contributed by atoms with Crippen LogP contribution in [0.1, 0.15) is 85.5 Å². The molecule has 4 aliphatic carbocycles. The van der Waals surface area contributed by atoms with Crippen molar-refractivity contribution in [1.82, 2.24) is 0 Å². The summed E-state index contributed by atoms with van der Waals surface area (Å²) in [7, 11) is 0. The molecule has 0 aliphatic heterocycles. The van der Waals surface area contributed by atoms with Crippen LogP contribution in [0.5, 0.6) is 0 Å². The Kier molecular flexibility index (Phi) is 6.26. The molecule has 4 unspecified atom stereocenters. The Morgan fingerprint density at radius 1 is 1.10 bits per heavy atom. The van der Waals surface area contributed by atoms with E-state index in [1.807, 2.05) is 0 Å². The van der Waals surface area contributed by atoms with Gasteiger partial charge in [0, 0.05) is 6.42 Å². The maximum atomic E-state index is 14.8. The van der Waals surface area contributed by atoms with Gasteiger partial charge in [-0.1, -0.05) is 34.1 Å². The van der Waals surface area contributed by atoms with Crippen LogP contribution in [0.4, 0.5) is 4.39 Å². The SMILES string of the molecule is CC[C@H]1C(O)C2C3CC[C@H]([C@H](C)CCC(=O)O)[C@@]3(C)CCC2[C@@]2(C)C[C@H](F)[C@@H](O)C[C@@H]12. The molecule has 0 bridgehead atoms. The van der Waals surface area contributed by atoms with Crippen LogP contribution in [-0.2, 0) is 4.79 Å². The standard InChI is InChI=1S/C26H43FO4/c1-5-15-19-12-21(28)20(27)13-26(19,4)18-10-11-25(3)16(14(2)6-9-22(29)30)7-8-17(25)23(18)24(15)31/h14-21,23-24,28,31H,5-13H2,1-4H3,(H,29,30)/t14-,15-,16-,17?,18?,19+,20+,21+,23?,24?,25-,26-/m1/s1. The zero-order valence-corrected chi connectivity index (χ0v) is 19.8. The summed E-state index contributed by atoms with van der Waals surface area (Å²) in [6.45, 7) is 9.00. The first-order valence-corrected chi connectivity index (χ1v) is 12.8. The lowest BCUT2D eigenvalue weighted by Crippen LogP contribution is -2.63. The highest BCUT2D eigenvalue weighted by Crippen LogP contribution is 2.69. The summed E-state index contributed by atoms with van der Waals surface area (Å²) >= 11 is 0. The van der Waals surface area contributed by atoms with E-state index in [2.05, 4.69) is 27.7 Å². The number of hydrogen-bond donors (Lipinski definition) is 3. The normalized spacial score (nSPS) is 52.7. The lowest BCUT2D eigenvalue weighted by atomic mass is 9.41. The van der Waals surface area contributed by atoms with Gasteiger partial charge in [0.05, 0.1) is 12.2 Å². The molecule has 4 nitrogen and oxygen atoms in total. The molecule has 4 saturated carbocycles. The third-order valence-electron chi connectivity index (χ3n) is 11.0. The van der Waals surface area contributed by atoms with Gasteiger partial charge >= 0.3 is 5.97 Å². The molecule has 4 rings (SSSR count). The summed E-state index contributed by atoms with van der Waals surface area (Å²) in [5, 5.41) is 31.1. The maximum absolute atomic E-state index is 14.8. The average molecular weight is 439 g/mol. The van der Waals surface area contributed by atoms with Gasteiger partial charge in [-0.2, -0.15) is 0 Å². The Morgan fingerprint density at radius 3 is 2.42 bits per heavy atom. The van der Waals surface area contributed by atoms with Crippen molar-refractivity contribution in [3.05, 3.63) is 0 Å². The molecule has 31 heavy (non-hydrogen) atoms. The van der Waals surface area contributed by atoms with Crippen LogP contribution in [0.3, 0.4) is 0 Å². The molecular weight excluding hydrogens is 395 g/mol. The second-order valence-corrected chi connectivity index (χ2v) is 12.1. The van der Waals surface area contributed by atoms with Gasteiger partial charge in [-0.15, -0.1) is 0 Å². The first-order valence-electron chi connectivity index (χ1n) is 12.8. The molecule has 0 aromatic carbocycles. The van der Waals surface area contributed by atoms with Crippen molar-refractivity contribution in [3.63, 3.8) is 0 Å². The smallest absolute Gasteiger partial charge is 0.303 e. The first kappa shape index (κ1) is 23.5. The molecule has 4 fully saturated rings. The van der Waals surface area contributed by atoms with Gasteiger partial charge in [0.25, 0.3) is 0 Å². The molecule has 0 spiro atoms. The number of carboxylic acids is 1. The molecule has 5 heteroatoms. The molecule has 178 valence electrons. The fourth-order valence-electron chi connectivity index (χ4n) is 9.49. The minimum atomic E-state index is -1.16. The molecular formula is C26H43FO4. The predicted octanol–water partition coefficient (Wildman–Crippen LogP) is 5.06. The van der Waals surface area contributed by atoms with Gasteiger partial charge in [-0.3, -0.25) is 4.79 Å². The Balaban J connectivity index is 1.63. The largest absolute Gasteiger partial charge is 0.481 e. The van der Waals surface area contributed by atoms with Crippen LogP contribution >= 0.6 is 0 Å². The number of fused-ring (bicyclic) bond motifs is 5. The summed E-state index contributed by atoms with van der Waals surface area (Å²) in [5.41, 5.74) is -0.0254. The zero-order valence-electron chi connectivity index (χ0n) is 19.8. The van der Waals surface area contributed by atoms with Crippen LogP contribution in [0.25, 0.3) is 0 Å². The number of hydrogen-bond acceptors (Lipinski definition) is 3.